The van der Waals surface area contributed by atoms with Crippen LogP contribution in [0.3, 0.4) is 0 Å². The van der Waals surface area contributed by atoms with Gasteiger partial charge in [0.2, 0.25) is 0 Å². The fourth-order valence-corrected chi connectivity index (χ4v) is 1.61. The number of hydrogen-bond acceptors (Lipinski definition) is 3. The van der Waals surface area contributed by atoms with Crippen molar-refractivity contribution in [2.24, 2.45) is 4.99 Å². The molecular weight excluding hydrogens is 357 g/mol. The van der Waals surface area contributed by atoms with Crippen molar-refractivity contribution in [1.29, 1.82) is 0 Å². The third-order valence-corrected chi connectivity index (χ3v) is 2.53. The molecular formula is C13H22IN3O2. The molecule has 5 nitrogen and oxygen atoms in total. The highest BCUT2D eigenvalue weighted by molar-refractivity contribution is 14.0. The first-order valence-electron chi connectivity index (χ1n) is 5.71. The molecule has 0 bridgehead atoms. The van der Waals surface area contributed by atoms with E-state index < -0.39 is 0 Å². The van der Waals surface area contributed by atoms with Crippen LogP contribution in [0.15, 0.2) is 23.2 Å². The summed E-state index contributed by atoms with van der Waals surface area (Å²) in [4.78, 5) is 6.09. The summed E-state index contributed by atoms with van der Waals surface area (Å²) in [5.74, 6) is 2.31. The number of rotatable bonds is 4. The van der Waals surface area contributed by atoms with Gasteiger partial charge in [0.1, 0.15) is 0 Å². The molecule has 0 spiro atoms. The van der Waals surface area contributed by atoms with Crippen molar-refractivity contribution >= 4 is 29.9 Å². The van der Waals surface area contributed by atoms with Crippen molar-refractivity contribution in [2.75, 3.05) is 35.4 Å². The van der Waals surface area contributed by atoms with Crippen LogP contribution in [0.2, 0.25) is 0 Å². The first-order valence-corrected chi connectivity index (χ1v) is 5.71. The van der Waals surface area contributed by atoms with Crippen molar-refractivity contribution in [2.45, 2.75) is 6.54 Å². The molecule has 0 saturated heterocycles. The zero-order valence-electron chi connectivity index (χ0n) is 12.1. The Balaban J connectivity index is 0.00000324. The number of halogens is 1. The molecule has 0 aliphatic rings. The molecule has 0 radical (unpaired) electrons. The van der Waals surface area contributed by atoms with Crippen LogP contribution in [0.1, 0.15) is 5.56 Å². The quantitative estimate of drug-likeness (QED) is 0.494. The Kier molecular flexibility index (Phi) is 8.29. The van der Waals surface area contributed by atoms with Crippen molar-refractivity contribution in [3.05, 3.63) is 23.8 Å². The van der Waals surface area contributed by atoms with Gasteiger partial charge in [-0.2, -0.15) is 0 Å². The molecule has 0 fully saturated rings. The minimum Gasteiger partial charge on any atom is -0.493 e. The summed E-state index contributed by atoms with van der Waals surface area (Å²) < 4.78 is 10.5. The SMILES string of the molecule is CN=C(NCc1ccc(OC)c(OC)c1)N(C)C.I. The van der Waals surface area contributed by atoms with Gasteiger partial charge in [-0.1, -0.05) is 6.07 Å². The highest BCUT2D eigenvalue weighted by atomic mass is 127. The second kappa shape index (κ2) is 8.84. The Hall–Kier alpha value is -1.18. The fraction of sp³-hybridized carbons (Fsp3) is 0.462. The number of aliphatic imine (C=N–C) groups is 1. The molecule has 1 N–H and O–H groups in total. The Morgan fingerprint density at radius 1 is 1.21 bits per heavy atom. The molecule has 0 aromatic heterocycles. The van der Waals surface area contributed by atoms with E-state index in [1.54, 1.807) is 21.3 Å². The number of methoxy groups -OCH3 is 2. The average Bonchev–Trinajstić information content (AvgIpc) is 2.38. The van der Waals surface area contributed by atoms with E-state index in [1.165, 1.54) is 0 Å². The molecule has 6 heteroatoms. The van der Waals surface area contributed by atoms with E-state index >= 15 is 0 Å². The van der Waals surface area contributed by atoms with Crippen LogP contribution in [-0.2, 0) is 6.54 Å². The zero-order valence-corrected chi connectivity index (χ0v) is 14.4. The predicted octanol–water partition coefficient (Wildman–Crippen LogP) is 1.96. The van der Waals surface area contributed by atoms with Crippen LogP contribution in [0, 0.1) is 0 Å². The van der Waals surface area contributed by atoms with E-state index in [-0.39, 0.29) is 24.0 Å². The molecule has 108 valence electrons. The van der Waals surface area contributed by atoms with Crippen LogP contribution in [0.4, 0.5) is 0 Å². The highest BCUT2D eigenvalue weighted by Crippen LogP contribution is 2.27. The Morgan fingerprint density at radius 3 is 2.32 bits per heavy atom. The van der Waals surface area contributed by atoms with Gasteiger partial charge in [0.15, 0.2) is 17.5 Å². The standard InChI is InChI=1S/C13H21N3O2.HI/c1-14-13(16(2)3)15-9-10-6-7-11(17-4)12(8-10)18-5;/h6-8H,9H2,1-5H3,(H,14,15);1H. The van der Waals surface area contributed by atoms with Crippen LogP contribution in [0.25, 0.3) is 0 Å². The Labute approximate surface area is 132 Å². The third kappa shape index (κ3) is 5.14. The zero-order chi connectivity index (χ0) is 13.5. The van der Waals surface area contributed by atoms with Gasteiger partial charge in [0.25, 0.3) is 0 Å². The Morgan fingerprint density at radius 2 is 1.84 bits per heavy atom. The van der Waals surface area contributed by atoms with E-state index in [4.69, 9.17) is 9.47 Å². The minimum atomic E-state index is 0. The van der Waals surface area contributed by atoms with Crippen molar-refractivity contribution in [1.82, 2.24) is 10.2 Å². The first-order chi connectivity index (χ1) is 8.62. The van der Waals surface area contributed by atoms with Gasteiger partial charge >= 0.3 is 0 Å². The van der Waals surface area contributed by atoms with Gasteiger partial charge in [-0.3, -0.25) is 4.99 Å². The van der Waals surface area contributed by atoms with Gasteiger partial charge in [0, 0.05) is 27.7 Å². The first kappa shape index (κ1) is 17.8. The molecule has 0 unspecified atom stereocenters. The molecule has 0 amide bonds. The topological polar surface area (TPSA) is 46.1 Å². The summed E-state index contributed by atoms with van der Waals surface area (Å²) in [6.45, 7) is 0.686. The van der Waals surface area contributed by atoms with Crippen molar-refractivity contribution in [3.8, 4) is 11.5 Å². The lowest BCUT2D eigenvalue weighted by Gasteiger charge is -2.17. The molecule has 19 heavy (non-hydrogen) atoms. The second-order valence-corrected chi connectivity index (χ2v) is 3.98. The number of guanidine groups is 1. The number of benzene rings is 1. The van der Waals surface area contributed by atoms with Gasteiger partial charge in [-0.25, -0.2) is 0 Å². The number of ether oxygens (including phenoxy) is 2. The molecule has 0 saturated carbocycles. The molecule has 0 aliphatic carbocycles. The largest absolute Gasteiger partial charge is 0.493 e. The van der Waals surface area contributed by atoms with Gasteiger partial charge in [0.05, 0.1) is 14.2 Å². The number of nitrogens with one attached hydrogen (secondary N) is 1. The summed E-state index contributed by atoms with van der Waals surface area (Å²) in [5, 5.41) is 3.25. The normalized spacial score (nSPS) is 10.5. The molecule has 1 aromatic carbocycles. The van der Waals surface area contributed by atoms with E-state index in [2.05, 4.69) is 10.3 Å². The summed E-state index contributed by atoms with van der Waals surface area (Å²) >= 11 is 0. The molecule has 0 aliphatic heterocycles. The lowest BCUT2D eigenvalue weighted by Crippen LogP contribution is -2.35. The van der Waals surface area contributed by atoms with E-state index in [9.17, 15) is 0 Å². The maximum atomic E-state index is 5.26. The van der Waals surface area contributed by atoms with E-state index in [0.29, 0.717) is 6.54 Å². The maximum Gasteiger partial charge on any atom is 0.193 e. The predicted molar refractivity (Wildman–Crippen MR) is 88.8 cm³/mol. The lowest BCUT2D eigenvalue weighted by atomic mass is 10.2. The van der Waals surface area contributed by atoms with E-state index in [1.807, 2.05) is 37.2 Å². The molecule has 1 aromatic rings. The van der Waals surface area contributed by atoms with Crippen LogP contribution in [0.5, 0.6) is 11.5 Å². The minimum absolute atomic E-state index is 0. The smallest absolute Gasteiger partial charge is 0.193 e. The van der Waals surface area contributed by atoms with Gasteiger partial charge in [-0.05, 0) is 17.7 Å². The summed E-state index contributed by atoms with van der Waals surface area (Å²) in [5.41, 5.74) is 1.11. The highest BCUT2D eigenvalue weighted by Gasteiger charge is 2.05. The second-order valence-electron chi connectivity index (χ2n) is 3.98. The Bertz CT molecular complexity index is 422. The lowest BCUT2D eigenvalue weighted by molar-refractivity contribution is 0.354. The summed E-state index contributed by atoms with van der Waals surface area (Å²) in [6, 6.07) is 5.85. The number of nitrogens with zero attached hydrogens (tertiary/aromatic N) is 2. The molecule has 1 rings (SSSR count). The van der Waals surface area contributed by atoms with Gasteiger partial charge < -0.3 is 19.7 Å². The van der Waals surface area contributed by atoms with E-state index in [0.717, 1.165) is 23.0 Å². The summed E-state index contributed by atoms with van der Waals surface area (Å²) in [6.07, 6.45) is 0. The molecule has 0 heterocycles. The third-order valence-electron chi connectivity index (χ3n) is 2.53. The van der Waals surface area contributed by atoms with Crippen LogP contribution < -0.4 is 14.8 Å². The van der Waals surface area contributed by atoms with Crippen LogP contribution in [-0.4, -0.2) is 46.2 Å². The monoisotopic (exact) mass is 379 g/mol. The van der Waals surface area contributed by atoms with Gasteiger partial charge in [-0.15, -0.1) is 24.0 Å². The fourth-order valence-electron chi connectivity index (χ4n) is 1.61. The molecule has 0 atom stereocenters. The number of hydrogen-bond donors (Lipinski definition) is 1. The summed E-state index contributed by atoms with van der Waals surface area (Å²) in [7, 11) is 8.92. The van der Waals surface area contributed by atoms with Crippen molar-refractivity contribution in [3.63, 3.8) is 0 Å². The van der Waals surface area contributed by atoms with Crippen molar-refractivity contribution < 1.29 is 9.47 Å². The average molecular weight is 379 g/mol. The van der Waals surface area contributed by atoms with Crippen LogP contribution >= 0.6 is 24.0 Å². The maximum absolute atomic E-state index is 5.26.